The van der Waals surface area contributed by atoms with E-state index in [4.69, 9.17) is 17.2 Å². The van der Waals surface area contributed by atoms with Crippen LogP contribution in [0.3, 0.4) is 0 Å². The molecule has 2 aliphatic rings. The molecule has 0 amide bonds. The lowest BCUT2D eigenvalue weighted by Gasteiger charge is -2.37. The van der Waals surface area contributed by atoms with E-state index >= 15 is 0 Å². The second kappa shape index (κ2) is 9.07. The van der Waals surface area contributed by atoms with Gasteiger partial charge < -0.3 is 14.8 Å². The van der Waals surface area contributed by atoms with Crippen LogP contribution in [0, 0.1) is 13.8 Å². The summed E-state index contributed by atoms with van der Waals surface area (Å²) < 4.78 is 2.45. The van der Waals surface area contributed by atoms with Crippen LogP contribution >= 0.6 is 12.2 Å². The minimum absolute atomic E-state index is 0.0660. The third-order valence-corrected chi connectivity index (χ3v) is 7.55. The predicted molar refractivity (Wildman–Crippen MR) is 134 cm³/mol. The van der Waals surface area contributed by atoms with Crippen molar-refractivity contribution >= 4 is 17.3 Å². The summed E-state index contributed by atoms with van der Waals surface area (Å²) in [6.45, 7) is 5.38. The average Bonchev–Trinajstić information content (AvgIpc) is 3.32. The van der Waals surface area contributed by atoms with Gasteiger partial charge in [0.05, 0.1) is 17.8 Å². The number of nitrogens with one attached hydrogen (secondary N) is 1. The van der Waals surface area contributed by atoms with Crippen molar-refractivity contribution in [3.05, 3.63) is 89.0 Å². The van der Waals surface area contributed by atoms with Crippen molar-refractivity contribution < 1.29 is 0 Å². The smallest absolute Gasteiger partial charge is 0.170 e. The molecule has 0 unspecified atom stereocenters. The van der Waals surface area contributed by atoms with Gasteiger partial charge in [-0.25, -0.2) is 0 Å². The zero-order chi connectivity index (χ0) is 22.1. The molecule has 2 fully saturated rings. The third kappa shape index (κ3) is 3.95. The number of hydrogen-bond donors (Lipinski definition) is 1. The Morgan fingerprint density at radius 2 is 1.75 bits per heavy atom. The van der Waals surface area contributed by atoms with Gasteiger partial charge in [0.1, 0.15) is 0 Å². The Hall–Kier alpha value is -2.66. The first-order valence-corrected chi connectivity index (χ1v) is 12.2. The summed E-state index contributed by atoms with van der Waals surface area (Å²) in [6.07, 6.45) is 8.24. The quantitative estimate of drug-likeness (QED) is 0.500. The van der Waals surface area contributed by atoms with Gasteiger partial charge in [0.15, 0.2) is 5.11 Å². The molecule has 1 N–H and O–H groups in total. The van der Waals surface area contributed by atoms with Crippen LogP contribution in [0.5, 0.6) is 0 Å². The zero-order valence-corrected chi connectivity index (χ0v) is 19.8. The highest BCUT2D eigenvalue weighted by atomic mass is 32.1. The largest absolute Gasteiger partial charge is 0.352 e. The van der Waals surface area contributed by atoms with Gasteiger partial charge in [-0.1, -0.05) is 55.7 Å². The Morgan fingerprint density at radius 3 is 2.47 bits per heavy atom. The van der Waals surface area contributed by atoms with Gasteiger partial charge in [-0.15, -0.1) is 0 Å². The van der Waals surface area contributed by atoms with Crippen molar-refractivity contribution in [2.45, 2.75) is 70.6 Å². The number of pyridine rings is 1. The van der Waals surface area contributed by atoms with Gasteiger partial charge >= 0.3 is 0 Å². The number of benzene rings is 1. The van der Waals surface area contributed by atoms with Gasteiger partial charge in [-0.2, -0.15) is 0 Å². The maximum Gasteiger partial charge on any atom is 0.170 e. The molecule has 166 valence electrons. The lowest BCUT2D eigenvalue weighted by Crippen LogP contribution is -2.40. The van der Waals surface area contributed by atoms with Crippen LogP contribution in [0.15, 0.2) is 60.8 Å². The summed E-state index contributed by atoms with van der Waals surface area (Å²) >= 11 is 5.94. The second-order valence-corrected chi connectivity index (χ2v) is 9.61. The second-order valence-electron chi connectivity index (χ2n) is 9.22. The summed E-state index contributed by atoms with van der Waals surface area (Å²) in [5.41, 5.74) is 6.37. The normalized spacial score (nSPS) is 21.7. The minimum atomic E-state index is 0.0660. The summed E-state index contributed by atoms with van der Waals surface area (Å²) in [4.78, 5) is 7.24. The molecule has 0 radical (unpaired) electrons. The highest BCUT2D eigenvalue weighted by Gasteiger charge is 2.44. The number of aromatic nitrogens is 2. The van der Waals surface area contributed by atoms with Crippen LogP contribution < -0.4 is 5.32 Å². The molecule has 0 spiro atoms. The van der Waals surface area contributed by atoms with Crippen LogP contribution in [0.1, 0.15) is 72.4 Å². The first kappa shape index (κ1) is 21.2. The fourth-order valence-corrected chi connectivity index (χ4v) is 5.98. The summed E-state index contributed by atoms with van der Waals surface area (Å²) in [7, 11) is 0. The van der Waals surface area contributed by atoms with E-state index in [2.05, 4.69) is 77.2 Å². The van der Waals surface area contributed by atoms with Gasteiger partial charge in [0.2, 0.25) is 0 Å². The fraction of sp³-hybridized carbons (Fsp3) is 0.407. The number of thiocarbonyl (C=S) groups is 1. The minimum Gasteiger partial charge on any atom is -0.352 e. The molecule has 1 aromatic carbocycles. The first-order valence-electron chi connectivity index (χ1n) is 11.8. The van der Waals surface area contributed by atoms with Gasteiger partial charge in [-0.3, -0.25) is 4.98 Å². The van der Waals surface area contributed by atoms with Crippen LogP contribution in [-0.2, 0) is 6.54 Å². The molecule has 1 aliphatic carbocycles. The molecule has 1 saturated carbocycles. The summed E-state index contributed by atoms with van der Waals surface area (Å²) in [5, 5.41) is 4.54. The van der Waals surface area contributed by atoms with Crippen molar-refractivity contribution in [2.75, 3.05) is 0 Å². The van der Waals surface area contributed by atoms with Crippen molar-refractivity contribution in [1.82, 2.24) is 19.8 Å². The Bertz CT molecular complexity index is 1070. The highest BCUT2D eigenvalue weighted by molar-refractivity contribution is 7.80. The molecule has 1 aliphatic heterocycles. The fourth-order valence-electron chi connectivity index (χ4n) is 5.59. The first-order chi connectivity index (χ1) is 15.6. The lowest BCUT2D eigenvalue weighted by molar-refractivity contribution is 0.196. The van der Waals surface area contributed by atoms with E-state index < -0.39 is 0 Å². The van der Waals surface area contributed by atoms with Gasteiger partial charge in [0, 0.05) is 30.2 Å². The number of nitrogens with zero attached hydrogens (tertiary/aromatic N) is 3. The molecule has 0 bridgehead atoms. The van der Waals surface area contributed by atoms with Crippen molar-refractivity contribution in [1.29, 1.82) is 0 Å². The molecule has 4 nitrogen and oxygen atoms in total. The molecule has 32 heavy (non-hydrogen) atoms. The van der Waals surface area contributed by atoms with Crippen molar-refractivity contribution in [3.8, 4) is 0 Å². The van der Waals surface area contributed by atoms with E-state index in [0.717, 1.165) is 17.4 Å². The molecule has 1 saturated heterocycles. The van der Waals surface area contributed by atoms with E-state index in [-0.39, 0.29) is 12.1 Å². The number of aryl methyl sites for hydroxylation is 1. The van der Waals surface area contributed by atoms with E-state index in [1.54, 1.807) is 0 Å². The Morgan fingerprint density at radius 1 is 1.00 bits per heavy atom. The highest BCUT2D eigenvalue weighted by Crippen LogP contribution is 2.44. The molecule has 3 aromatic rings. The maximum absolute atomic E-state index is 5.94. The van der Waals surface area contributed by atoms with E-state index in [9.17, 15) is 0 Å². The van der Waals surface area contributed by atoms with Gasteiger partial charge in [0.25, 0.3) is 0 Å². The average molecular weight is 445 g/mol. The predicted octanol–water partition coefficient (Wildman–Crippen LogP) is 5.85. The molecule has 5 heteroatoms. The standard InChI is InChI=1S/C27H32N4S/c1-19-17-23(20(2)30(19)18-21-11-5-3-6-12-21)26-25(24-15-9-10-16-28-24)29-27(32)31(26)22-13-7-4-8-14-22/h3,5-6,9-12,15-17,22,25-26H,4,7-8,13-14,18H2,1-2H3,(H,29,32)/t25-,26-/m1/s1. The number of rotatable bonds is 5. The Kier molecular flexibility index (Phi) is 6.01. The van der Waals surface area contributed by atoms with Gasteiger partial charge in [-0.05, 0) is 68.2 Å². The Balaban J connectivity index is 1.56. The Labute approximate surface area is 196 Å². The molecular formula is C27H32N4S. The van der Waals surface area contributed by atoms with E-state index in [0.29, 0.717) is 6.04 Å². The van der Waals surface area contributed by atoms with Crippen molar-refractivity contribution in [3.63, 3.8) is 0 Å². The third-order valence-electron chi connectivity index (χ3n) is 7.22. The topological polar surface area (TPSA) is 33.1 Å². The molecule has 3 heterocycles. The van der Waals surface area contributed by atoms with Crippen LogP contribution in [0.4, 0.5) is 0 Å². The summed E-state index contributed by atoms with van der Waals surface area (Å²) in [5.74, 6) is 0. The maximum atomic E-state index is 5.94. The molecule has 5 rings (SSSR count). The lowest BCUT2D eigenvalue weighted by atomic mass is 9.90. The molecule has 2 atom stereocenters. The van der Waals surface area contributed by atoms with E-state index in [1.807, 2.05) is 12.3 Å². The van der Waals surface area contributed by atoms with Crippen molar-refractivity contribution in [2.24, 2.45) is 0 Å². The van der Waals surface area contributed by atoms with Crippen LogP contribution in [0.25, 0.3) is 0 Å². The number of hydrogen-bond acceptors (Lipinski definition) is 2. The van der Waals surface area contributed by atoms with E-state index in [1.165, 1.54) is 54.6 Å². The molecular weight excluding hydrogens is 412 g/mol. The monoisotopic (exact) mass is 444 g/mol. The molecule has 2 aromatic heterocycles. The SMILES string of the molecule is Cc1cc([C@@H]2[C@@H](c3ccccn3)NC(=S)N2C2CCCCC2)c(C)n1Cc1ccccc1. The van der Waals surface area contributed by atoms with Crippen LogP contribution in [-0.4, -0.2) is 25.6 Å². The summed E-state index contributed by atoms with van der Waals surface area (Å²) in [6, 6.07) is 20.0. The zero-order valence-electron chi connectivity index (χ0n) is 19.0. The van der Waals surface area contributed by atoms with Crippen LogP contribution in [0.2, 0.25) is 0 Å².